The highest BCUT2D eigenvalue weighted by atomic mass is 79.9. The SMILES string of the molecule is CC(C)c1cc(Br)ccc1OCc1ccn(C(C)C)n1. The van der Waals surface area contributed by atoms with Crippen LogP contribution in [-0.4, -0.2) is 9.78 Å². The number of ether oxygens (including phenoxy) is 1. The third-order valence-corrected chi connectivity index (χ3v) is 3.66. The monoisotopic (exact) mass is 336 g/mol. The van der Waals surface area contributed by atoms with Crippen molar-refractivity contribution in [1.29, 1.82) is 0 Å². The van der Waals surface area contributed by atoms with Crippen LogP contribution in [0.3, 0.4) is 0 Å². The zero-order chi connectivity index (χ0) is 14.7. The summed E-state index contributed by atoms with van der Waals surface area (Å²) >= 11 is 3.51. The standard InChI is InChI=1S/C16H21BrN2O/c1-11(2)15-9-13(17)5-6-16(15)20-10-14-7-8-19(18-14)12(3)4/h5-9,11-12H,10H2,1-4H3. The normalized spacial score (nSPS) is 11.3. The van der Waals surface area contributed by atoms with E-state index in [1.165, 1.54) is 5.56 Å². The van der Waals surface area contributed by atoms with Crippen molar-refractivity contribution in [2.75, 3.05) is 0 Å². The van der Waals surface area contributed by atoms with E-state index in [1.54, 1.807) is 0 Å². The van der Waals surface area contributed by atoms with E-state index in [-0.39, 0.29) is 0 Å². The summed E-state index contributed by atoms with van der Waals surface area (Å²) in [7, 11) is 0. The van der Waals surface area contributed by atoms with Crippen molar-refractivity contribution in [2.24, 2.45) is 0 Å². The maximum atomic E-state index is 5.94. The number of benzene rings is 1. The van der Waals surface area contributed by atoms with Gasteiger partial charge in [0.15, 0.2) is 0 Å². The molecule has 0 saturated heterocycles. The molecular weight excluding hydrogens is 316 g/mol. The summed E-state index contributed by atoms with van der Waals surface area (Å²) in [4.78, 5) is 0. The van der Waals surface area contributed by atoms with Crippen LogP contribution in [0.4, 0.5) is 0 Å². The Morgan fingerprint density at radius 1 is 1.20 bits per heavy atom. The largest absolute Gasteiger partial charge is 0.487 e. The fourth-order valence-corrected chi connectivity index (χ4v) is 2.37. The molecule has 0 radical (unpaired) electrons. The molecule has 0 spiro atoms. The van der Waals surface area contributed by atoms with Crippen molar-refractivity contribution >= 4 is 15.9 Å². The van der Waals surface area contributed by atoms with E-state index in [1.807, 2.05) is 29.1 Å². The molecule has 3 nitrogen and oxygen atoms in total. The zero-order valence-corrected chi connectivity index (χ0v) is 14.0. The van der Waals surface area contributed by atoms with Crippen LogP contribution < -0.4 is 4.74 Å². The first kappa shape index (κ1) is 15.1. The highest BCUT2D eigenvalue weighted by molar-refractivity contribution is 9.10. The number of aromatic nitrogens is 2. The van der Waals surface area contributed by atoms with Gasteiger partial charge in [0.2, 0.25) is 0 Å². The van der Waals surface area contributed by atoms with Gasteiger partial charge in [-0.1, -0.05) is 29.8 Å². The fraction of sp³-hybridized carbons (Fsp3) is 0.438. The predicted molar refractivity (Wildman–Crippen MR) is 85.2 cm³/mol. The van der Waals surface area contributed by atoms with E-state index < -0.39 is 0 Å². The van der Waals surface area contributed by atoms with Crippen molar-refractivity contribution in [3.8, 4) is 5.75 Å². The molecule has 2 aromatic rings. The smallest absolute Gasteiger partial charge is 0.132 e. The predicted octanol–water partition coefficient (Wildman–Crippen LogP) is 4.93. The van der Waals surface area contributed by atoms with Crippen LogP contribution in [0.2, 0.25) is 0 Å². The number of halogens is 1. The van der Waals surface area contributed by atoms with Gasteiger partial charge >= 0.3 is 0 Å². The lowest BCUT2D eigenvalue weighted by atomic mass is 10.0. The first-order valence-electron chi connectivity index (χ1n) is 6.93. The van der Waals surface area contributed by atoms with Gasteiger partial charge in [-0.05, 0) is 49.6 Å². The zero-order valence-electron chi connectivity index (χ0n) is 12.4. The molecule has 4 heteroatoms. The molecule has 1 heterocycles. The molecule has 0 aliphatic rings. The quantitative estimate of drug-likeness (QED) is 0.774. The number of rotatable bonds is 5. The van der Waals surface area contributed by atoms with E-state index in [2.05, 4.69) is 54.8 Å². The molecule has 0 aliphatic heterocycles. The second-order valence-electron chi connectivity index (χ2n) is 5.51. The number of hydrogen-bond acceptors (Lipinski definition) is 2. The van der Waals surface area contributed by atoms with Crippen molar-refractivity contribution < 1.29 is 4.74 Å². The van der Waals surface area contributed by atoms with E-state index in [0.717, 1.165) is 15.9 Å². The van der Waals surface area contributed by atoms with Gasteiger partial charge in [0.05, 0.1) is 5.69 Å². The summed E-state index contributed by atoms with van der Waals surface area (Å²) in [6.45, 7) is 9.07. The molecule has 108 valence electrons. The molecule has 0 atom stereocenters. The summed E-state index contributed by atoms with van der Waals surface area (Å²) in [5.41, 5.74) is 2.17. The van der Waals surface area contributed by atoms with Gasteiger partial charge in [-0.2, -0.15) is 5.10 Å². The Bertz CT molecular complexity index is 576. The molecule has 0 aliphatic carbocycles. The van der Waals surface area contributed by atoms with Crippen LogP contribution in [0.25, 0.3) is 0 Å². The molecule has 1 aromatic heterocycles. The van der Waals surface area contributed by atoms with Gasteiger partial charge in [0, 0.05) is 16.7 Å². The fourth-order valence-electron chi connectivity index (χ4n) is 2.00. The van der Waals surface area contributed by atoms with Crippen molar-refractivity contribution in [1.82, 2.24) is 9.78 Å². The molecule has 0 fully saturated rings. The second-order valence-corrected chi connectivity index (χ2v) is 6.42. The summed E-state index contributed by atoms with van der Waals surface area (Å²) in [6, 6.07) is 8.52. The molecule has 20 heavy (non-hydrogen) atoms. The minimum Gasteiger partial charge on any atom is -0.487 e. The summed E-state index contributed by atoms with van der Waals surface area (Å²) in [5.74, 6) is 1.36. The lowest BCUT2D eigenvalue weighted by molar-refractivity contribution is 0.294. The molecular formula is C16H21BrN2O. The molecule has 2 rings (SSSR count). The molecule has 0 bridgehead atoms. The average Bonchev–Trinajstić information content (AvgIpc) is 2.86. The second kappa shape index (κ2) is 6.44. The topological polar surface area (TPSA) is 27.1 Å². The van der Waals surface area contributed by atoms with Crippen molar-refractivity contribution in [3.63, 3.8) is 0 Å². The Kier molecular flexibility index (Phi) is 4.86. The molecule has 0 unspecified atom stereocenters. The maximum absolute atomic E-state index is 5.94. The Hall–Kier alpha value is -1.29. The van der Waals surface area contributed by atoms with Crippen LogP contribution in [0.1, 0.15) is 50.9 Å². The highest BCUT2D eigenvalue weighted by Gasteiger charge is 2.10. The van der Waals surface area contributed by atoms with Crippen molar-refractivity contribution in [3.05, 3.63) is 46.2 Å². The van der Waals surface area contributed by atoms with Crippen LogP contribution in [0, 0.1) is 0 Å². The summed E-state index contributed by atoms with van der Waals surface area (Å²) in [5, 5.41) is 4.50. The molecule has 1 aromatic carbocycles. The van der Waals surface area contributed by atoms with E-state index in [4.69, 9.17) is 4.74 Å². The molecule has 0 N–H and O–H groups in total. The average molecular weight is 337 g/mol. The Balaban J connectivity index is 2.10. The first-order valence-corrected chi connectivity index (χ1v) is 7.73. The minimum absolute atomic E-state index is 0.377. The van der Waals surface area contributed by atoms with Gasteiger partial charge in [0.1, 0.15) is 12.4 Å². The van der Waals surface area contributed by atoms with Crippen LogP contribution in [0.15, 0.2) is 34.9 Å². The van der Waals surface area contributed by atoms with Crippen LogP contribution in [-0.2, 0) is 6.61 Å². The summed E-state index contributed by atoms with van der Waals surface area (Å²) in [6.07, 6.45) is 1.99. The molecule has 0 amide bonds. The number of nitrogens with zero attached hydrogens (tertiary/aromatic N) is 2. The first-order chi connectivity index (χ1) is 9.47. The van der Waals surface area contributed by atoms with Gasteiger partial charge < -0.3 is 4.74 Å². The van der Waals surface area contributed by atoms with E-state index >= 15 is 0 Å². The van der Waals surface area contributed by atoms with Crippen LogP contribution in [0.5, 0.6) is 5.75 Å². The minimum atomic E-state index is 0.377. The van der Waals surface area contributed by atoms with Gasteiger partial charge in [0.25, 0.3) is 0 Å². The van der Waals surface area contributed by atoms with Crippen LogP contribution >= 0.6 is 15.9 Å². The van der Waals surface area contributed by atoms with E-state index in [9.17, 15) is 0 Å². The highest BCUT2D eigenvalue weighted by Crippen LogP contribution is 2.30. The lowest BCUT2D eigenvalue weighted by Gasteiger charge is -2.14. The lowest BCUT2D eigenvalue weighted by Crippen LogP contribution is -2.04. The van der Waals surface area contributed by atoms with Crippen molar-refractivity contribution in [2.45, 2.75) is 46.3 Å². The van der Waals surface area contributed by atoms with Gasteiger partial charge in [-0.3, -0.25) is 4.68 Å². The van der Waals surface area contributed by atoms with E-state index in [0.29, 0.717) is 18.6 Å². The molecule has 0 saturated carbocycles. The van der Waals surface area contributed by atoms with Gasteiger partial charge in [-0.15, -0.1) is 0 Å². The Morgan fingerprint density at radius 2 is 1.95 bits per heavy atom. The Labute approximate surface area is 129 Å². The third-order valence-electron chi connectivity index (χ3n) is 3.16. The number of hydrogen-bond donors (Lipinski definition) is 0. The summed E-state index contributed by atoms with van der Waals surface area (Å²) < 4.78 is 8.97. The third kappa shape index (κ3) is 3.63. The Morgan fingerprint density at radius 3 is 2.55 bits per heavy atom. The van der Waals surface area contributed by atoms with Gasteiger partial charge in [-0.25, -0.2) is 0 Å². The maximum Gasteiger partial charge on any atom is 0.132 e.